The van der Waals surface area contributed by atoms with Crippen molar-refractivity contribution in [3.05, 3.63) is 11.1 Å². The van der Waals surface area contributed by atoms with Gasteiger partial charge in [-0.05, 0) is 31.3 Å². The number of hydrogen-bond acceptors (Lipinski definition) is 2. The van der Waals surface area contributed by atoms with E-state index in [1.54, 1.807) is 0 Å². The maximum absolute atomic E-state index is 12.6. The van der Waals surface area contributed by atoms with Crippen LogP contribution in [-0.4, -0.2) is 11.6 Å². The maximum Gasteiger partial charge on any atom is 0.159 e. The lowest BCUT2D eigenvalue weighted by molar-refractivity contribution is -0.130. The highest BCUT2D eigenvalue weighted by Crippen LogP contribution is 2.39. The van der Waals surface area contributed by atoms with Gasteiger partial charge in [0.2, 0.25) is 0 Å². The van der Waals surface area contributed by atoms with Crippen LogP contribution in [0.2, 0.25) is 0 Å². The van der Waals surface area contributed by atoms with Gasteiger partial charge in [-0.2, -0.15) is 0 Å². The summed E-state index contributed by atoms with van der Waals surface area (Å²) in [5.41, 5.74) is 1.80. The lowest BCUT2D eigenvalue weighted by atomic mass is 9.79. The second kappa shape index (κ2) is 7.19. The molecule has 0 aromatic rings. The summed E-state index contributed by atoms with van der Waals surface area (Å²) in [6, 6.07) is 0. The number of hydrogen-bond donors (Lipinski definition) is 0. The van der Waals surface area contributed by atoms with Crippen LogP contribution in [0.4, 0.5) is 0 Å². The van der Waals surface area contributed by atoms with Gasteiger partial charge in [-0.1, -0.05) is 53.0 Å². The molecule has 1 unspecified atom stereocenters. The molecule has 0 aromatic carbocycles. The molecule has 1 aliphatic carbocycles. The fourth-order valence-electron chi connectivity index (χ4n) is 2.94. The molecule has 20 heavy (non-hydrogen) atoms. The summed E-state index contributed by atoms with van der Waals surface area (Å²) in [7, 11) is 0. The molecule has 0 fully saturated rings. The Morgan fingerprint density at radius 1 is 1.10 bits per heavy atom. The number of carbonyl (C=O) groups excluding carboxylic acids is 2. The van der Waals surface area contributed by atoms with Crippen LogP contribution < -0.4 is 0 Å². The van der Waals surface area contributed by atoms with Gasteiger partial charge in [0.25, 0.3) is 0 Å². The Kier molecular flexibility index (Phi) is 6.16. The second-order valence-corrected chi connectivity index (χ2v) is 7.01. The fourth-order valence-corrected chi connectivity index (χ4v) is 2.94. The average molecular weight is 278 g/mol. The molecule has 2 heteroatoms. The number of Topliss-reactive ketones (excluding diaryl/α,β-unsaturated/α-hetero) is 2. The standard InChI is InChI=1S/C18H30O2/c1-6-8-10-13-14(11-9-7-2)16(19)12-15(13)17(20)18(3,4)5/h15H,6-12H2,1-5H3. The highest BCUT2D eigenvalue weighted by Gasteiger charge is 2.39. The molecular weight excluding hydrogens is 248 g/mol. The van der Waals surface area contributed by atoms with Crippen molar-refractivity contribution in [3.8, 4) is 0 Å². The Labute approximate surface area is 124 Å². The molecule has 0 radical (unpaired) electrons. The number of unbranched alkanes of at least 4 members (excludes halogenated alkanes) is 2. The predicted molar refractivity (Wildman–Crippen MR) is 83.7 cm³/mol. The van der Waals surface area contributed by atoms with Crippen LogP contribution >= 0.6 is 0 Å². The fraction of sp³-hybridized carbons (Fsp3) is 0.778. The van der Waals surface area contributed by atoms with Gasteiger partial charge < -0.3 is 0 Å². The molecule has 1 rings (SSSR count). The van der Waals surface area contributed by atoms with Crippen LogP contribution in [-0.2, 0) is 9.59 Å². The highest BCUT2D eigenvalue weighted by molar-refractivity contribution is 6.05. The smallest absolute Gasteiger partial charge is 0.159 e. The maximum atomic E-state index is 12.6. The molecule has 0 saturated carbocycles. The van der Waals surface area contributed by atoms with E-state index in [4.69, 9.17) is 0 Å². The largest absolute Gasteiger partial charge is 0.298 e. The average Bonchev–Trinajstić information content (AvgIpc) is 2.68. The lowest BCUT2D eigenvalue weighted by Gasteiger charge is -2.23. The predicted octanol–water partition coefficient (Wildman–Crippen LogP) is 4.87. The van der Waals surface area contributed by atoms with E-state index < -0.39 is 0 Å². The molecule has 0 aliphatic heterocycles. The zero-order valence-electron chi connectivity index (χ0n) is 13.8. The van der Waals surface area contributed by atoms with Gasteiger partial charge >= 0.3 is 0 Å². The van der Waals surface area contributed by atoms with E-state index in [0.717, 1.165) is 44.1 Å². The molecule has 0 spiro atoms. The summed E-state index contributed by atoms with van der Waals surface area (Å²) in [5, 5.41) is 0. The SMILES string of the molecule is CCCCC1=C(CCCC)C(C(=O)C(C)(C)C)CC1=O. The molecule has 0 N–H and O–H groups in total. The van der Waals surface area contributed by atoms with Crippen LogP contribution in [0.5, 0.6) is 0 Å². The van der Waals surface area contributed by atoms with E-state index in [1.807, 2.05) is 20.8 Å². The Morgan fingerprint density at radius 2 is 1.65 bits per heavy atom. The Hall–Kier alpha value is -0.920. The van der Waals surface area contributed by atoms with Crippen molar-refractivity contribution in [1.82, 2.24) is 0 Å². The van der Waals surface area contributed by atoms with Gasteiger partial charge in [0.15, 0.2) is 5.78 Å². The van der Waals surface area contributed by atoms with Crippen molar-refractivity contribution >= 4 is 11.6 Å². The van der Waals surface area contributed by atoms with E-state index in [0.29, 0.717) is 6.42 Å². The Balaban J connectivity index is 3.03. The van der Waals surface area contributed by atoms with Crippen LogP contribution in [0.15, 0.2) is 11.1 Å². The number of carbonyl (C=O) groups is 2. The molecule has 1 aliphatic rings. The summed E-state index contributed by atoms with van der Waals surface area (Å²) in [4.78, 5) is 24.9. The molecule has 0 saturated heterocycles. The Morgan fingerprint density at radius 3 is 2.15 bits per heavy atom. The van der Waals surface area contributed by atoms with Crippen molar-refractivity contribution < 1.29 is 9.59 Å². The second-order valence-electron chi connectivity index (χ2n) is 7.01. The van der Waals surface area contributed by atoms with Crippen LogP contribution in [0.1, 0.15) is 79.6 Å². The van der Waals surface area contributed by atoms with Gasteiger partial charge in [0.1, 0.15) is 5.78 Å². The van der Waals surface area contributed by atoms with Gasteiger partial charge in [0, 0.05) is 17.8 Å². The first kappa shape index (κ1) is 17.1. The quantitative estimate of drug-likeness (QED) is 0.666. The van der Waals surface area contributed by atoms with E-state index in [2.05, 4.69) is 13.8 Å². The summed E-state index contributed by atoms with van der Waals surface area (Å²) in [5.74, 6) is 0.330. The molecule has 0 aromatic heterocycles. The number of ketones is 2. The molecule has 0 heterocycles. The van der Waals surface area contributed by atoms with E-state index in [9.17, 15) is 9.59 Å². The molecule has 0 bridgehead atoms. The minimum atomic E-state index is -0.359. The monoisotopic (exact) mass is 278 g/mol. The summed E-state index contributed by atoms with van der Waals surface area (Å²) >= 11 is 0. The molecule has 114 valence electrons. The number of rotatable bonds is 7. The van der Waals surface area contributed by atoms with Crippen molar-refractivity contribution in [2.45, 2.75) is 79.6 Å². The molecule has 0 amide bonds. The minimum Gasteiger partial charge on any atom is -0.298 e. The summed E-state index contributed by atoms with van der Waals surface area (Å²) in [6.07, 6.45) is 6.54. The first-order valence-corrected chi connectivity index (χ1v) is 8.12. The van der Waals surface area contributed by atoms with Crippen molar-refractivity contribution in [2.75, 3.05) is 0 Å². The first-order chi connectivity index (χ1) is 9.32. The van der Waals surface area contributed by atoms with E-state index in [-0.39, 0.29) is 22.9 Å². The third-order valence-corrected chi connectivity index (χ3v) is 4.17. The van der Waals surface area contributed by atoms with Crippen molar-refractivity contribution in [2.24, 2.45) is 11.3 Å². The van der Waals surface area contributed by atoms with Gasteiger partial charge in [-0.25, -0.2) is 0 Å². The third-order valence-electron chi connectivity index (χ3n) is 4.17. The zero-order valence-corrected chi connectivity index (χ0v) is 13.8. The van der Waals surface area contributed by atoms with E-state index in [1.165, 1.54) is 5.57 Å². The van der Waals surface area contributed by atoms with Crippen LogP contribution in [0, 0.1) is 11.3 Å². The van der Waals surface area contributed by atoms with Crippen LogP contribution in [0.3, 0.4) is 0 Å². The van der Waals surface area contributed by atoms with Gasteiger partial charge in [-0.15, -0.1) is 0 Å². The summed E-state index contributed by atoms with van der Waals surface area (Å²) in [6.45, 7) is 10.2. The Bertz CT molecular complexity index is 396. The molecule has 1 atom stereocenters. The zero-order chi connectivity index (χ0) is 15.3. The van der Waals surface area contributed by atoms with Crippen molar-refractivity contribution in [1.29, 1.82) is 0 Å². The molecule has 2 nitrogen and oxygen atoms in total. The topological polar surface area (TPSA) is 34.1 Å². The summed E-state index contributed by atoms with van der Waals surface area (Å²) < 4.78 is 0. The van der Waals surface area contributed by atoms with Crippen molar-refractivity contribution in [3.63, 3.8) is 0 Å². The lowest BCUT2D eigenvalue weighted by Crippen LogP contribution is -2.28. The minimum absolute atomic E-state index is 0.138. The van der Waals surface area contributed by atoms with Gasteiger partial charge in [0.05, 0.1) is 0 Å². The third kappa shape index (κ3) is 4.04. The normalized spacial score (nSPS) is 19.9. The first-order valence-electron chi connectivity index (χ1n) is 8.12. The highest BCUT2D eigenvalue weighted by atomic mass is 16.1. The van der Waals surface area contributed by atoms with Gasteiger partial charge in [-0.3, -0.25) is 9.59 Å². The molecular formula is C18H30O2. The van der Waals surface area contributed by atoms with Crippen LogP contribution in [0.25, 0.3) is 0 Å². The number of allylic oxidation sites excluding steroid dienone is 2. The van der Waals surface area contributed by atoms with E-state index >= 15 is 0 Å².